The minimum absolute atomic E-state index is 0.0742. The van der Waals surface area contributed by atoms with Crippen LogP contribution in [0.15, 0.2) is 41.4 Å². The van der Waals surface area contributed by atoms with Crippen molar-refractivity contribution < 1.29 is 13.2 Å². The molecule has 19 heavy (non-hydrogen) atoms. The van der Waals surface area contributed by atoms with E-state index in [1.807, 2.05) is 0 Å². The zero-order chi connectivity index (χ0) is 14.0. The minimum Gasteiger partial charge on any atom is -0.320 e. The maximum Gasteiger partial charge on any atom is 0.416 e. The number of alkyl halides is 3. The van der Waals surface area contributed by atoms with E-state index in [1.54, 1.807) is 6.07 Å². The van der Waals surface area contributed by atoms with E-state index in [2.05, 4.69) is 25.9 Å². The fourth-order valence-corrected chi connectivity index (χ4v) is 2.07. The third-order valence-electron chi connectivity index (χ3n) is 2.58. The molecule has 0 bridgehead atoms. The van der Waals surface area contributed by atoms with Crippen molar-refractivity contribution in [3.05, 3.63) is 58.1 Å². The molecule has 2 aromatic rings. The number of rotatable bonds is 2. The van der Waals surface area contributed by atoms with E-state index in [1.165, 1.54) is 12.4 Å². The molecule has 0 saturated heterocycles. The van der Waals surface area contributed by atoms with Crippen molar-refractivity contribution in [3.63, 3.8) is 0 Å². The smallest absolute Gasteiger partial charge is 0.320 e. The van der Waals surface area contributed by atoms with Crippen LogP contribution >= 0.6 is 15.9 Å². The maximum atomic E-state index is 12.9. The summed E-state index contributed by atoms with van der Waals surface area (Å²) < 4.78 is 39.3. The van der Waals surface area contributed by atoms with E-state index in [-0.39, 0.29) is 5.56 Å². The first-order valence-corrected chi connectivity index (χ1v) is 6.06. The number of hydrogen-bond donors (Lipinski definition) is 1. The van der Waals surface area contributed by atoms with E-state index < -0.39 is 17.8 Å². The Hall–Kier alpha value is -1.47. The van der Waals surface area contributed by atoms with Gasteiger partial charge in [-0.25, -0.2) is 0 Å². The van der Waals surface area contributed by atoms with Crippen LogP contribution < -0.4 is 5.73 Å². The SMILES string of the molecule is NC(c1cncc(Br)c1)c1cnccc1C(F)(F)F. The van der Waals surface area contributed by atoms with Crippen molar-refractivity contribution in [1.82, 2.24) is 9.97 Å². The summed E-state index contributed by atoms with van der Waals surface area (Å²) in [5, 5.41) is 0. The molecule has 0 spiro atoms. The Kier molecular flexibility index (Phi) is 3.86. The Labute approximate surface area is 115 Å². The lowest BCUT2D eigenvalue weighted by Gasteiger charge is -2.17. The molecule has 2 N–H and O–H groups in total. The van der Waals surface area contributed by atoms with E-state index in [0.29, 0.717) is 10.0 Å². The van der Waals surface area contributed by atoms with Gasteiger partial charge >= 0.3 is 6.18 Å². The highest BCUT2D eigenvalue weighted by Gasteiger charge is 2.34. The Morgan fingerprint density at radius 1 is 1.16 bits per heavy atom. The second-order valence-corrected chi connectivity index (χ2v) is 4.79. The van der Waals surface area contributed by atoms with Gasteiger partial charge in [-0.2, -0.15) is 13.2 Å². The summed E-state index contributed by atoms with van der Waals surface area (Å²) in [4.78, 5) is 7.61. The third-order valence-corrected chi connectivity index (χ3v) is 3.01. The van der Waals surface area contributed by atoms with Crippen molar-refractivity contribution in [2.75, 3.05) is 0 Å². The zero-order valence-electron chi connectivity index (χ0n) is 9.53. The maximum absolute atomic E-state index is 12.9. The van der Waals surface area contributed by atoms with Crippen LogP contribution in [0.2, 0.25) is 0 Å². The number of nitrogens with zero attached hydrogens (tertiary/aromatic N) is 2. The normalized spacial score (nSPS) is 13.3. The Balaban J connectivity index is 2.48. The number of aromatic nitrogens is 2. The highest BCUT2D eigenvalue weighted by Crippen LogP contribution is 2.35. The van der Waals surface area contributed by atoms with Crippen LogP contribution in [0.4, 0.5) is 13.2 Å². The van der Waals surface area contributed by atoms with Crippen molar-refractivity contribution in [2.24, 2.45) is 5.73 Å². The van der Waals surface area contributed by atoms with Gasteiger partial charge in [-0.05, 0) is 33.6 Å². The van der Waals surface area contributed by atoms with Crippen molar-refractivity contribution in [3.8, 4) is 0 Å². The van der Waals surface area contributed by atoms with Gasteiger partial charge in [0.1, 0.15) is 0 Å². The fourth-order valence-electron chi connectivity index (χ4n) is 1.69. The summed E-state index contributed by atoms with van der Waals surface area (Å²) in [7, 11) is 0. The molecule has 0 aliphatic rings. The predicted molar refractivity (Wildman–Crippen MR) is 67.2 cm³/mol. The topological polar surface area (TPSA) is 51.8 Å². The summed E-state index contributed by atoms with van der Waals surface area (Å²) in [5.74, 6) is 0. The molecule has 0 radical (unpaired) electrons. The predicted octanol–water partition coefficient (Wildman–Crippen LogP) is 3.31. The lowest BCUT2D eigenvalue weighted by atomic mass is 9.98. The van der Waals surface area contributed by atoms with Gasteiger partial charge in [0.2, 0.25) is 0 Å². The molecule has 100 valence electrons. The lowest BCUT2D eigenvalue weighted by Crippen LogP contribution is -2.19. The van der Waals surface area contributed by atoms with Crippen LogP contribution in [0.3, 0.4) is 0 Å². The van der Waals surface area contributed by atoms with Gasteiger partial charge in [-0.15, -0.1) is 0 Å². The number of halogens is 4. The average molecular weight is 332 g/mol. The Morgan fingerprint density at radius 3 is 2.53 bits per heavy atom. The lowest BCUT2D eigenvalue weighted by molar-refractivity contribution is -0.138. The molecule has 2 aromatic heterocycles. The van der Waals surface area contributed by atoms with E-state index >= 15 is 0 Å². The summed E-state index contributed by atoms with van der Waals surface area (Å²) in [6.45, 7) is 0. The molecule has 2 heterocycles. The molecule has 0 saturated carbocycles. The Bertz CT molecular complexity index is 586. The fraction of sp³-hybridized carbons (Fsp3) is 0.167. The number of nitrogens with two attached hydrogens (primary N) is 1. The van der Waals surface area contributed by atoms with E-state index in [0.717, 1.165) is 18.5 Å². The average Bonchev–Trinajstić information content (AvgIpc) is 2.37. The molecule has 2 rings (SSSR count). The van der Waals surface area contributed by atoms with Crippen LogP contribution in [-0.2, 0) is 6.18 Å². The minimum atomic E-state index is -4.46. The molecular weight excluding hydrogens is 323 g/mol. The standard InChI is InChI=1S/C12H9BrF3N3/c13-8-3-7(4-19-5-8)11(17)9-6-18-2-1-10(9)12(14,15)16/h1-6,11H,17H2. The van der Waals surface area contributed by atoms with Gasteiger partial charge in [-0.3, -0.25) is 9.97 Å². The van der Waals surface area contributed by atoms with Gasteiger partial charge in [0.05, 0.1) is 11.6 Å². The number of hydrogen-bond acceptors (Lipinski definition) is 3. The zero-order valence-corrected chi connectivity index (χ0v) is 11.1. The quantitative estimate of drug-likeness (QED) is 0.918. The van der Waals surface area contributed by atoms with Crippen molar-refractivity contribution in [2.45, 2.75) is 12.2 Å². The highest BCUT2D eigenvalue weighted by atomic mass is 79.9. The molecule has 1 atom stereocenters. The van der Waals surface area contributed by atoms with Gasteiger partial charge < -0.3 is 5.73 Å². The van der Waals surface area contributed by atoms with Gasteiger partial charge in [0.15, 0.2) is 0 Å². The molecule has 0 aliphatic carbocycles. The summed E-state index contributed by atoms with van der Waals surface area (Å²) >= 11 is 3.21. The van der Waals surface area contributed by atoms with E-state index in [4.69, 9.17) is 5.73 Å². The van der Waals surface area contributed by atoms with Gasteiger partial charge in [0, 0.05) is 34.8 Å². The second-order valence-electron chi connectivity index (χ2n) is 3.87. The summed E-state index contributed by atoms with van der Waals surface area (Å²) in [6.07, 6.45) is 0.731. The van der Waals surface area contributed by atoms with E-state index in [9.17, 15) is 13.2 Å². The Morgan fingerprint density at radius 2 is 1.89 bits per heavy atom. The first-order valence-electron chi connectivity index (χ1n) is 5.26. The third kappa shape index (κ3) is 3.10. The molecule has 3 nitrogen and oxygen atoms in total. The van der Waals surface area contributed by atoms with Gasteiger partial charge in [0.25, 0.3) is 0 Å². The second kappa shape index (κ2) is 5.26. The van der Waals surface area contributed by atoms with Crippen LogP contribution in [0.5, 0.6) is 0 Å². The molecule has 1 unspecified atom stereocenters. The molecule has 0 amide bonds. The molecule has 0 fully saturated rings. The molecule has 0 aromatic carbocycles. The summed E-state index contributed by atoms with van der Waals surface area (Å²) in [5.41, 5.74) is 5.50. The molecule has 0 aliphatic heterocycles. The number of pyridine rings is 2. The van der Waals surface area contributed by atoms with Crippen LogP contribution in [-0.4, -0.2) is 9.97 Å². The van der Waals surface area contributed by atoms with Crippen LogP contribution in [0.25, 0.3) is 0 Å². The van der Waals surface area contributed by atoms with Crippen LogP contribution in [0.1, 0.15) is 22.7 Å². The monoisotopic (exact) mass is 331 g/mol. The molecule has 7 heteroatoms. The first-order chi connectivity index (χ1) is 8.89. The first kappa shape index (κ1) is 14.0. The molecular formula is C12H9BrF3N3. The van der Waals surface area contributed by atoms with Crippen LogP contribution in [0, 0.1) is 0 Å². The largest absolute Gasteiger partial charge is 0.416 e. The van der Waals surface area contributed by atoms with Gasteiger partial charge in [-0.1, -0.05) is 0 Å². The van der Waals surface area contributed by atoms with Crippen molar-refractivity contribution in [1.29, 1.82) is 0 Å². The summed E-state index contributed by atoms with van der Waals surface area (Å²) in [6, 6.07) is 1.61. The van der Waals surface area contributed by atoms with Crippen molar-refractivity contribution >= 4 is 15.9 Å². The highest BCUT2D eigenvalue weighted by molar-refractivity contribution is 9.10.